The van der Waals surface area contributed by atoms with Crippen molar-refractivity contribution in [1.82, 2.24) is 0 Å². The molecule has 0 saturated carbocycles. The number of hydrogen-bond acceptors (Lipinski definition) is 4. The van der Waals surface area contributed by atoms with Crippen LogP contribution in [-0.2, 0) is 19.0 Å². The van der Waals surface area contributed by atoms with Crippen LogP contribution in [0.15, 0.2) is 12.2 Å². The van der Waals surface area contributed by atoms with Crippen molar-refractivity contribution in [3.05, 3.63) is 12.2 Å². The summed E-state index contributed by atoms with van der Waals surface area (Å²) in [7, 11) is 4.64. The zero-order valence-corrected chi connectivity index (χ0v) is 9.69. The first-order valence-corrected chi connectivity index (χ1v) is 5.02. The lowest BCUT2D eigenvalue weighted by molar-refractivity contribution is -0.140. The fraction of sp³-hybridized carbons (Fsp3) is 0.727. The van der Waals surface area contributed by atoms with E-state index in [1.54, 1.807) is 14.2 Å². The molecule has 0 rings (SSSR count). The molecule has 88 valence electrons. The number of carbonyl (C=O) groups excluding carboxylic acids is 1. The zero-order valence-electron chi connectivity index (χ0n) is 9.69. The Kier molecular flexibility index (Phi) is 9.11. The molecule has 0 spiro atoms. The molecule has 4 nitrogen and oxygen atoms in total. The lowest BCUT2D eigenvalue weighted by Crippen LogP contribution is -2.11. The molecule has 0 aliphatic carbocycles. The highest BCUT2D eigenvalue weighted by Gasteiger charge is 2.01. The second kappa shape index (κ2) is 9.68. The van der Waals surface area contributed by atoms with Gasteiger partial charge in [0.05, 0.1) is 7.11 Å². The maximum Gasteiger partial charge on any atom is 0.305 e. The Balaban J connectivity index is 3.42. The van der Waals surface area contributed by atoms with Crippen LogP contribution < -0.4 is 0 Å². The van der Waals surface area contributed by atoms with E-state index >= 15 is 0 Å². The van der Waals surface area contributed by atoms with Crippen LogP contribution in [0.4, 0.5) is 0 Å². The molecular formula is C11H20O4. The lowest BCUT2D eigenvalue weighted by atomic mass is 10.2. The van der Waals surface area contributed by atoms with Gasteiger partial charge in [-0.15, -0.1) is 0 Å². The van der Waals surface area contributed by atoms with Gasteiger partial charge in [0, 0.05) is 27.1 Å². The predicted octanol–water partition coefficient (Wildman–Crippen LogP) is 1.89. The van der Waals surface area contributed by atoms with Gasteiger partial charge >= 0.3 is 5.97 Å². The Bertz CT molecular complexity index is 185. The minimum atomic E-state index is -0.175. The van der Waals surface area contributed by atoms with Gasteiger partial charge in [-0.2, -0.15) is 0 Å². The topological polar surface area (TPSA) is 44.8 Å². The smallest absolute Gasteiger partial charge is 0.305 e. The van der Waals surface area contributed by atoms with Gasteiger partial charge in [-0.3, -0.25) is 4.79 Å². The molecule has 0 bridgehead atoms. The van der Waals surface area contributed by atoms with Gasteiger partial charge in [0.15, 0.2) is 6.29 Å². The fourth-order valence-corrected chi connectivity index (χ4v) is 1.10. The molecule has 0 aliphatic rings. The van der Waals surface area contributed by atoms with E-state index < -0.39 is 0 Å². The molecular weight excluding hydrogens is 196 g/mol. The SMILES string of the molecule is COC(=O)CC/C=C\CCC(OC)OC. The van der Waals surface area contributed by atoms with Crippen molar-refractivity contribution in [2.45, 2.75) is 32.0 Å². The fourth-order valence-electron chi connectivity index (χ4n) is 1.10. The second-order valence-electron chi connectivity index (χ2n) is 3.06. The monoisotopic (exact) mass is 216 g/mol. The summed E-state index contributed by atoms with van der Waals surface area (Å²) >= 11 is 0. The number of ether oxygens (including phenoxy) is 3. The van der Waals surface area contributed by atoms with E-state index in [9.17, 15) is 4.79 Å². The van der Waals surface area contributed by atoms with Crippen LogP contribution in [-0.4, -0.2) is 33.6 Å². The molecule has 0 unspecified atom stereocenters. The number of rotatable bonds is 8. The minimum Gasteiger partial charge on any atom is -0.469 e. The summed E-state index contributed by atoms with van der Waals surface area (Å²) in [5.74, 6) is -0.175. The van der Waals surface area contributed by atoms with E-state index in [2.05, 4.69) is 4.74 Å². The van der Waals surface area contributed by atoms with Crippen molar-refractivity contribution < 1.29 is 19.0 Å². The summed E-state index contributed by atoms with van der Waals surface area (Å²) in [6, 6.07) is 0. The maximum absolute atomic E-state index is 10.7. The lowest BCUT2D eigenvalue weighted by Gasteiger charge is -2.10. The van der Waals surface area contributed by atoms with E-state index in [1.807, 2.05) is 12.2 Å². The summed E-state index contributed by atoms with van der Waals surface area (Å²) in [5.41, 5.74) is 0. The first kappa shape index (κ1) is 14.1. The number of carbonyl (C=O) groups is 1. The summed E-state index contributed by atoms with van der Waals surface area (Å²) < 4.78 is 14.6. The Morgan fingerprint density at radius 2 is 1.73 bits per heavy atom. The first-order chi connectivity index (χ1) is 7.24. The predicted molar refractivity (Wildman–Crippen MR) is 57.4 cm³/mol. The zero-order chi connectivity index (χ0) is 11.5. The largest absolute Gasteiger partial charge is 0.469 e. The van der Waals surface area contributed by atoms with Crippen LogP contribution in [0.2, 0.25) is 0 Å². The molecule has 0 aliphatic heterocycles. The van der Waals surface area contributed by atoms with Crippen LogP contribution in [0.3, 0.4) is 0 Å². The third-order valence-corrected chi connectivity index (χ3v) is 2.00. The normalized spacial score (nSPS) is 11.2. The van der Waals surface area contributed by atoms with E-state index in [-0.39, 0.29) is 12.3 Å². The van der Waals surface area contributed by atoms with Crippen molar-refractivity contribution >= 4 is 5.97 Å². The Morgan fingerprint density at radius 3 is 2.27 bits per heavy atom. The molecule has 0 aromatic carbocycles. The van der Waals surface area contributed by atoms with Gasteiger partial charge in [-0.1, -0.05) is 12.2 Å². The van der Waals surface area contributed by atoms with Crippen molar-refractivity contribution in [3.8, 4) is 0 Å². The molecule has 0 aromatic heterocycles. The van der Waals surface area contributed by atoms with E-state index in [1.165, 1.54) is 7.11 Å². The third kappa shape index (κ3) is 8.15. The van der Waals surface area contributed by atoms with Gasteiger partial charge in [-0.25, -0.2) is 0 Å². The highest BCUT2D eigenvalue weighted by Crippen LogP contribution is 2.03. The molecule has 0 saturated heterocycles. The van der Waals surface area contributed by atoms with Gasteiger partial charge in [0.1, 0.15) is 0 Å². The van der Waals surface area contributed by atoms with Crippen LogP contribution in [0.25, 0.3) is 0 Å². The molecule has 0 atom stereocenters. The first-order valence-electron chi connectivity index (χ1n) is 5.02. The Hall–Kier alpha value is -0.870. The van der Waals surface area contributed by atoms with Crippen LogP contribution in [0.5, 0.6) is 0 Å². The summed E-state index contributed by atoms with van der Waals surface area (Å²) in [6.45, 7) is 0. The summed E-state index contributed by atoms with van der Waals surface area (Å²) in [4.78, 5) is 10.7. The van der Waals surface area contributed by atoms with Gasteiger partial charge in [-0.05, 0) is 12.8 Å². The van der Waals surface area contributed by atoms with Crippen LogP contribution >= 0.6 is 0 Å². The van der Waals surface area contributed by atoms with Crippen molar-refractivity contribution in [3.63, 3.8) is 0 Å². The van der Waals surface area contributed by atoms with Crippen LogP contribution in [0.1, 0.15) is 25.7 Å². The highest BCUT2D eigenvalue weighted by molar-refractivity contribution is 5.69. The standard InChI is InChI=1S/C11H20O4/c1-13-10(12)8-6-4-5-7-9-11(14-2)15-3/h4-5,11H,6-9H2,1-3H3/b5-4-. The van der Waals surface area contributed by atoms with E-state index in [0.717, 1.165) is 19.3 Å². The molecule has 0 amide bonds. The minimum absolute atomic E-state index is 0.143. The van der Waals surface area contributed by atoms with Gasteiger partial charge < -0.3 is 14.2 Å². The second-order valence-corrected chi connectivity index (χ2v) is 3.06. The molecule has 0 fully saturated rings. The Labute approximate surface area is 91.2 Å². The van der Waals surface area contributed by atoms with E-state index in [0.29, 0.717) is 6.42 Å². The molecule has 0 heterocycles. The average Bonchev–Trinajstić information content (AvgIpc) is 2.28. The maximum atomic E-state index is 10.7. The van der Waals surface area contributed by atoms with Gasteiger partial charge in [0.25, 0.3) is 0 Å². The number of methoxy groups -OCH3 is 3. The molecule has 0 aromatic rings. The number of allylic oxidation sites excluding steroid dienone is 2. The van der Waals surface area contributed by atoms with E-state index in [4.69, 9.17) is 9.47 Å². The number of hydrogen-bond donors (Lipinski definition) is 0. The molecule has 0 N–H and O–H groups in total. The highest BCUT2D eigenvalue weighted by atomic mass is 16.7. The summed E-state index contributed by atoms with van der Waals surface area (Å²) in [6.07, 6.45) is 6.71. The van der Waals surface area contributed by atoms with Gasteiger partial charge in [0.2, 0.25) is 0 Å². The quantitative estimate of drug-likeness (QED) is 0.353. The van der Waals surface area contributed by atoms with Crippen molar-refractivity contribution in [1.29, 1.82) is 0 Å². The third-order valence-electron chi connectivity index (χ3n) is 2.00. The van der Waals surface area contributed by atoms with Crippen molar-refractivity contribution in [2.75, 3.05) is 21.3 Å². The Morgan fingerprint density at radius 1 is 1.13 bits per heavy atom. The number of esters is 1. The van der Waals surface area contributed by atoms with Crippen molar-refractivity contribution in [2.24, 2.45) is 0 Å². The molecule has 4 heteroatoms. The summed E-state index contributed by atoms with van der Waals surface area (Å²) in [5, 5.41) is 0. The average molecular weight is 216 g/mol. The molecule has 15 heavy (non-hydrogen) atoms. The van der Waals surface area contributed by atoms with Crippen LogP contribution in [0, 0.1) is 0 Å². The molecule has 0 radical (unpaired) electrons.